The van der Waals surface area contributed by atoms with Crippen LogP contribution in [-0.4, -0.2) is 37.5 Å². The number of nitrogens with one attached hydrogen (secondary N) is 1. The molecule has 0 aromatic heterocycles. The summed E-state index contributed by atoms with van der Waals surface area (Å²) >= 11 is 12.4. The zero-order chi connectivity index (χ0) is 30.5. The third-order valence-corrected chi connectivity index (χ3v) is 6.85. The van der Waals surface area contributed by atoms with Gasteiger partial charge < -0.3 is 14.8 Å². The predicted octanol–water partition coefficient (Wildman–Crippen LogP) is 6.60. The molecule has 9 nitrogen and oxygen atoms in total. The average molecular weight is 616 g/mol. The normalized spacial score (nSPS) is 13.2. The van der Waals surface area contributed by atoms with Crippen LogP contribution in [0.1, 0.15) is 5.56 Å². The molecule has 216 valence electrons. The summed E-state index contributed by atoms with van der Waals surface area (Å²) in [4.78, 5) is 55.1. The van der Waals surface area contributed by atoms with Crippen LogP contribution >= 0.6 is 23.2 Å². The lowest BCUT2D eigenvalue weighted by Gasteiger charge is -2.34. The van der Waals surface area contributed by atoms with E-state index in [0.29, 0.717) is 27.6 Å². The molecule has 1 aliphatic rings. The number of anilines is 3. The number of urea groups is 1. The Bertz CT molecular complexity index is 1660. The second-order valence-corrected chi connectivity index (χ2v) is 10.0. The average Bonchev–Trinajstić information content (AvgIpc) is 3.01. The molecule has 1 aliphatic heterocycles. The largest absolute Gasteiger partial charge is 0.493 e. The van der Waals surface area contributed by atoms with E-state index in [1.165, 1.54) is 25.3 Å². The van der Waals surface area contributed by atoms with Gasteiger partial charge in [0.25, 0.3) is 17.7 Å². The van der Waals surface area contributed by atoms with Crippen molar-refractivity contribution in [2.24, 2.45) is 0 Å². The van der Waals surface area contributed by atoms with Crippen molar-refractivity contribution in [3.8, 4) is 11.5 Å². The number of carbonyl (C=O) groups is 4. The number of hydrogen-bond donors (Lipinski definition) is 1. The number of halogens is 2. The Morgan fingerprint density at radius 1 is 0.814 bits per heavy atom. The smallest absolute Gasteiger partial charge is 0.343 e. The summed E-state index contributed by atoms with van der Waals surface area (Å²) in [6.45, 7) is -0.379. The lowest BCUT2D eigenvalue weighted by Crippen LogP contribution is -2.57. The molecular formula is C32H23Cl2N3O6. The highest BCUT2D eigenvalue weighted by atomic mass is 35.5. The maximum absolute atomic E-state index is 13.6. The fourth-order valence-corrected chi connectivity index (χ4v) is 4.74. The first-order valence-corrected chi connectivity index (χ1v) is 13.6. The summed E-state index contributed by atoms with van der Waals surface area (Å²) in [7, 11) is 1.38. The number of methoxy groups -OCH3 is 1. The number of imide groups is 2. The van der Waals surface area contributed by atoms with Crippen LogP contribution in [0.4, 0.5) is 21.9 Å². The number of ether oxygens (including phenoxy) is 2. The first kappa shape index (κ1) is 29.4. The van der Waals surface area contributed by atoms with Gasteiger partial charge in [0.2, 0.25) is 0 Å². The minimum Gasteiger partial charge on any atom is -0.493 e. The van der Waals surface area contributed by atoms with Crippen molar-refractivity contribution in [3.05, 3.63) is 118 Å². The standard InChI is InChI=1S/C32H23Cl2N3O6/c1-42-27-18-20(17-26(34)29(27)43-19-28(38)35-22-14-12-21(33)13-15-22)16-25-30(39)36(23-8-4-2-5-9-23)32(41)37(31(25)40)24-10-6-3-7-11-24/h2-18H,19H2,1H3,(H,35,38). The first-order chi connectivity index (χ1) is 20.8. The Morgan fingerprint density at radius 2 is 1.37 bits per heavy atom. The van der Waals surface area contributed by atoms with E-state index >= 15 is 0 Å². The number of para-hydroxylation sites is 2. The van der Waals surface area contributed by atoms with Crippen LogP contribution in [0.5, 0.6) is 11.5 Å². The lowest BCUT2D eigenvalue weighted by molar-refractivity contribution is -0.121. The van der Waals surface area contributed by atoms with Crippen LogP contribution < -0.4 is 24.6 Å². The monoisotopic (exact) mass is 615 g/mol. The molecule has 0 unspecified atom stereocenters. The van der Waals surface area contributed by atoms with Crippen LogP contribution in [0, 0.1) is 0 Å². The minimum absolute atomic E-state index is 0.0668. The minimum atomic E-state index is -0.805. The van der Waals surface area contributed by atoms with Crippen molar-refractivity contribution in [2.45, 2.75) is 0 Å². The predicted molar refractivity (Wildman–Crippen MR) is 165 cm³/mol. The fourth-order valence-electron chi connectivity index (χ4n) is 4.34. The number of barbiturate groups is 1. The van der Waals surface area contributed by atoms with Gasteiger partial charge in [-0.1, -0.05) is 59.6 Å². The molecule has 4 aromatic rings. The van der Waals surface area contributed by atoms with Crippen molar-refractivity contribution in [1.82, 2.24) is 0 Å². The number of nitrogens with zero attached hydrogens (tertiary/aromatic N) is 2. The van der Waals surface area contributed by atoms with Crippen LogP contribution in [0.15, 0.2) is 103 Å². The molecule has 0 radical (unpaired) electrons. The van der Waals surface area contributed by atoms with E-state index in [2.05, 4.69) is 5.32 Å². The molecule has 5 amide bonds. The van der Waals surface area contributed by atoms with Gasteiger partial charge in [-0.2, -0.15) is 0 Å². The Hall–Kier alpha value is -5.12. The summed E-state index contributed by atoms with van der Waals surface area (Å²) in [5, 5.41) is 3.28. The Labute approximate surface area is 256 Å². The van der Waals surface area contributed by atoms with Gasteiger partial charge in [-0.15, -0.1) is 0 Å². The van der Waals surface area contributed by atoms with E-state index in [4.69, 9.17) is 32.7 Å². The molecule has 43 heavy (non-hydrogen) atoms. The van der Waals surface area contributed by atoms with E-state index < -0.39 is 23.8 Å². The summed E-state index contributed by atoms with van der Waals surface area (Å²) in [5.41, 5.74) is 1.18. The number of benzene rings is 4. The summed E-state index contributed by atoms with van der Waals surface area (Å²) in [6.07, 6.45) is 1.33. The lowest BCUT2D eigenvalue weighted by atomic mass is 10.0. The molecule has 0 spiro atoms. The van der Waals surface area contributed by atoms with Crippen LogP contribution in [0.25, 0.3) is 6.08 Å². The molecular weight excluding hydrogens is 593 g/mol. The van der Waals surface area contributed by atoms with Gasteiger partial charge in [0.05, 0.1) is 23.5 Å². The number of amides is 5. The van der Waals surface area contributed by atoms with E-state index in [1.807, 2.05) is 0 Å². The molecule has 1 heterocycles. The second kappa shape index (κ2) is 12.8. The molecule has 0 aliphatic carbocycles. The maximum Gasteiger partial charge on any atom is 0.343 e. The second-order valence-electron chi connectivity index (χ2n) is 9.17. The first-order valence-electron chi connectivity index (χ1n) is 12.9. The molecule has 0 saturated carbocycles. The van der Waals surface area contributed by atoms with Crippen molar-refractivity contribution in [1.29, 1.82) is 0 Å². The molecule has 0 atom stereocenters. The van der Waals surface area contributed by atoms with Crippen molar-refractivity contribution in [3.63, 3.8) is 0 Å². The molecule has 1 saturated heterocycles. The van der Waals surface area contributed by atoms with Gasteiger partial charge in [0.1, 0.15) is 5.57 Å². The van der Waals surface area contributed by atoms with Crippen LogP contribution in [-0.2, 0) is 14.4 Å². The topological polar surface area (TPSA) is 105 Å². The number of carbonyl (C=O) groups excluding carboxylic acids is 4. The van der Waals surface area contributed by atoms with Crippen molar-refractivity contribution < 1.29 is 28.7 Å². The number of rotatable bonds is 8. The van der Waals surface area contributed by atoms with Gasteiger partial charge in [-0.05, 0) is 72.3 Å². The summed E-state index contributed by atoms with van der Waals surface area (Å²) in [5.74, 6) is -1.81. The molecule has 1 N–H and O–H groups in total. The van der Waals surface area contributed by atoms with Gasteiger partial charge in [0.15, 0.2) is 18.1 Å². The van der Waals surface area contributed by atoms with Gasteiger partial charge in [-0.3, -0.25) is 14.4 Å². The highest BCUT2D eigenvalue weighted by Gasteiger charge is 2.43. The molecule has 0 bridgehead atoms. The zero-order valence-corrected chi connectivity index (χ0v) is 24.1. The quantitative estimate of drug-likeness (QED) is 0.177. The van der Waals surface area contributed by atoms with Gasteiger partial charge >= 0.3 is 6.03 Å². The van der Waals surface area contributed by atoms with Crippen LogP contribution in [0.3, 0.4) is 0 Å². The number of hydrogen-bond acceptors (Lipinski definition) is 6. The highest BCUT2D eigenvalue weighted by molar-refractivity contribution is 6.46. The van der Waals surface area contributed by atoms with E-state index in [-0.39, 0.29) is 28.7 Å². The van der Waals surface area contributed by atoms with Crippen molar-refractivity contribution >= 4 is 70.1 Å². The van der Waals surface area contributed by atoms with E-state index in [1.54, 1.807) is 84.9 Å². The van der Waals surface area contributed by atoms with Gasteiger partial charge in [-0.25, -0.2) is 14.6 Å². The Morgan fingerprint density at radius 3 is 1.91 bits per heavy atom. The Balaban J connectivity index is 1.45. The summed E-state index contributed by atoms with van der Waals surface area (Å²) in [6, 6.07) is 25.4. The van der Waals surface area contributed by atoms with Crippen LogP contribution in [0.2, 0.25) is 10.0 Å². The van der Waals surface area contributed by atoms with Gasteiger partial charge in [0, 0.05) is 10.7 Å². The third kappa shape index (κ3) is 6.38. The van der Waals surface area contributed by atoms with E-state index in [0.717, 1.165) is 9.80 Å². The summed E-state index contributed by atoms with van der Waals surface area (Å²) < 4.78 is 11.1. The third-order valence-electron chi connectivity index (χ3n) is 6.32. The molecule has 4 aromatic carbocycles. The maximum atomic E-state index is 13.6. The molecule has 5 rings (SSSR count). The highest BCUT2D eigenvalue weighted by Crippen LogP contribution is 2.38. The molecule has 11 heteroatoms. The molecule has 1 fully saturated rings. The SMILES string of the molecule is COc1cc(C=C2C(=O)N(c3ccccc3)C(=O)N(c3ccccc3)C2=O)cc(Cl)c1OCC(=O)Nc1ccc(Cl)cc1. The fraction of sp³-hybridized carbons (Fsp3) is 0.0625. The zero-order valence-electron chi connectivity index (χ0n) is 22.6. The Kier molecular flexibility index (Phi) is 8.75. The van der Waals surface area contributed by atoms with Crippen molar-refractivity contribution in [2.75, 3.05) is 28.8 Å². The van der Waals surface area contributed by atoms with E-state index in [9.17, 15) is 19.2 Å².